The summed E-state index contributed by atoms with van der Waals surface area (Å²) in [7, 11) is 2.04. The molecule has 0 spiro atoms. The number of rotatable bonds is 6. The fourth-order valence-electron chi connectivity index (χ4n) is 2.45. The Hall–Kier alpha value is -0.390. The third kappa shape index (κ3) is 4.54. The Morgan fingerprint density at radius 2 is 2.19 bits per heavy atom. The number of aromatic nitrogens is 1. The summed E-state index contributed by atoms with van der Waals surface area (Å²) in [5, 5.41) is 5.48. The van der Waals surface area contributed by atoms with E-state index < -0.39 is 0 Å². The standard InChI is InChI=1S/C16H26N2OS2/c1-5-6-19-14-7-13(8-18-9-14)16(17-4)15-10-20-11(2)12(3)21-15/h7-9,11-12,15-17H,5-6,10H2,1-4H3. The highest BCUT2D eigenvalue weighted by Crippen LogP contribution is 2.41. The third-order valence-electron chi connectivity index (χ3n) is 3.82. The van der Waals surface area contributed by atoms with Gasteiger partial charge in [0, 0.05) is 33.7 Å². The van der Waals surface area contributed by atoms with Crippen molar-refractivity contribution in [1.82, 2.24) is 10.3 Å². The molecule has 3 nitrogen and oxygen atoms in total. The second-order valence-corrected chi connectivity index (χ2v) is 8.52. The van der Waals surface area contributed by atoms with E-state index in [1.807, 2.05) is 13.2 Å². The third-order valence-corrected chi connectivity index (χ3v) is 7.32. The van der Waals surface area contributed by atoms with Gasteiger partial charge in [0.25, 0.3) is 0 Å². The van der Waals surface area contributed by atoms with Gasteiger partial charge >= 0.3 is 0 Å². The van der Waals surface area contributed by atoms with E-state index in [4.69, 9.17) is 4.74 Å². The van der Waals surface area contributed by atoms with Gasteiger partial charge in [-0.2, -0.15) is 23.5 Å². The van der Waals surface area contributed by atoms with E-state index in [9.17, 15) is 0 Å². The van der Waals surface area contributed by atoms with Gasteiger partial charge in [-0.1, -0.05) is 20.8 Å². The van der Waals surface area contributed by atoms with Gasteiger partial charge in [-0.15, -0.1) is 0 Å². The lowest BCUT2D eigenvalue weighted by molar-refractivity contribution is 0.315. The topological polar surface area (TPSA) is 34.1 Å². The molecule has 5 heteroatoms. The van der Waals surface area contributed by atoms with Gasteiger partial charge in [0.05, 0.1) is 12.8 Å². The number of nitrogens with one attached hydrogen (secondary N) is 1. The van der Waals surface area contributed by atoms with Gasteiger partial charge in [0.2, 0.25) is 0 Å². The first kappa shape index (κ1) is 17.0. The molecular formula is C16H26N2OS2. The zero-order valence-corrected chi connectivity index (χ0v) is 15.0. The van der Waals surface area contributed by atoms with Crippen molar-refractivity contribution in [1.29, 1.82) is 0 Å². The average Bonchev–Trinajstić information content (AvgIpc) is 2.50. The summed E-state index contributed by atoms with van der Waals surface area (Å²) in [6.07, 6.45) is 4.79. The zero-order valence-electron chi connectivity index (χ0n) is 13.3. The minimum absolute atomic E-state index is 0.329. The summed E-state index contributed by atoms with van der Waals surface area (Å²) < 4.78 is 5.71. The van der Waals surface area contributed by atoms with Crippen molar-refractivity contribution >= 4 is 23.5 Å². The van der Waals surface area contributed by atoms with Crippen LogP contribution >= 0.6 is 23.5 Å². The fourth-order valence-corrected chi connectivity index (χ4v) is 5.61. The molecule has 1 aliphatic rings. The second kappa shape index (κ2) is 8.30. The summed E-state index contributed by atoms with van der Waals surface area (Å²) in [6.45, 7) is 7.53. The lowest BCUT2D eigenvalue weighted by atomic mass is 10.1. The Kier molecular flexibility index (Phi) is 6.71. The predicted molar refractivity (Wildman–Crippen MR) is 94.6 cm³/mol. The Morgan fingerprint density at radius 1 is 1.38 bits per heavy atom. The lowest BCUT2D eigenvalue weighted by Crippen LogP contribution is -2.35. The molecular weight excluding hydrogens is 300 g/mol. The van der Waals surface area contributed by atoms with Crippen LogP contribution in [0.1, 0.15) is 38.8 Å². The fraction of sp³-hybridized carbons (Fsp3) is 0.688. The van der Waals surface area contributed by atoms with Gasteiger partial charge in [0.15, 0.2) is 0 Å². The number of hydrogen-bond acceptors (Lipinski definition) is 5. The Labute approximate surface area is 137 Å². The van der Waals surface area contributed by atoms with Crippen LogP contribution in [-0.4, -0.2) is 40.1 Å². The number of pyridine rings is 1. The van der Waals surface area contributed by atoms with E-state index in [0.29, 0.717) is 16.5 Å². The Morgan fingerprint density at radius 3 is 2.86 bits per heavy atom. The molecule has 0 aromatic carbocycles. The van der Waals surface area contributed by atoms with Crippen LogP contribution in [0.3, 0.4) is 0 Å². The van der Waals surface area contributed by atoms with E-state index in [1.165, 1.54) is 11.3 Å². The van der Waals surface area contributed by atoms with Crippen LogP contribution in [0.25, 0.3) is 0 Å². The predicted octanol–water partition coefficient (Wildman–Crippen LogP) is 3.76. The van der Waals surface area contributed by atoms with Crippen molar-refractivity contribution in [2.45, 2.75) is 49.0 Å². The Balaban J connectivity index is 2.09. The molecule has 1 fully saturated rings. The first-order valence-electron chi connectivity index (χ1n) is 7.67. The summed E-state index contributed by atoms with van der Waals surface area (Å²) >= 11 is 4.17. The highest BCUT2D eigenvalue weighted by Gasteiger charge is 2.31. The SMILES string of the molecule is CCCOc1cncc(C(NC)C2CSC(C)C(C)S2)c1. The maximum absolute atomic E-state index is 5.71. The first-order chi connectivity index (χ1) is 10.2. The molecule has 1 saturated heterocycles. The smallest absolute Gasteiger partial charge is 0.137 e. The van der Waals surface area contributed by atoms with E-state index in [2.05, 4.69) is 60.7 Å². The molecule has 0 aliphatic carbocycles. The summed E-state index contributed by atoms with van der Waals surface area (Å²) in [4.78, 5) is 4.35. The summed E-state index contributed by atoms with van der Waals surface area (Å²) in [5.41, 5.74) is 1.23. The van der Waals surface area contributed by atoms with Crippen LogP contribution in [0.4, 0.5) is 0 Å². The van der Waals surface area contributed by atoms with Crippen LogP contribution in [-0.2, 0) is 0 Å². The van der Waals surface area contributed by atoms with Crippen LogP contribution in [0.5, 0.6) is 5.75 Å². The monoisotopic (exact) mass is 326 g/mol. The molecule has 0 amide bonds. The van der Waals surface area contributed by atoms with E-state index in [-0.39, 0.29) is 0 Å². The van der Waals surface area contributed by atoms with Crippen molar-refractivity contribution in [3.8, 4) is 5.75 Å². The van der Waals surface area contributed by atoms with Gasteiger partial charge in [-0.25, -0.2) is 0 Å². The van der Waals surface area contributed by atoms with Crippen LogP contribution in [0.2, 0.25) is 0 Å². The molecule has 1 aromatic heterocycles. The molecule has 4 unspecified atom stereocenters. The molecule has 1 aliphatic heterocycles. The van der Waals surface area contributed by atoms with Crippen molar-refractivity contribution in [3.63, 3.8) is 0 Å². The van der Waals surface area contributed by atoms with E-state index in [1.54, 1.807) is 6.20 Å². The minimum Gasteiger partial charge on any atom is -0.492 e. The summed E-state index contributed by atoms with van der Waals surface area (Å²) in [6, 6.07) is 2.47. The van der Waals surface area contributed by atoms with Crippen LogP contribution in [0, 0.1) is 0 Å². The molecule has 0 saturated carbocycles. The maximum Gasteiger partial charge on any atom is 0.137 e. The highest BCUT2D eigenvalue weighted by molar-refractivity contribution is 8.07. The molecule has 1 N–H and O–H groups in total. The highest BCUT2D eigenvalue weighted by atomic mass is 32.2. The van der Waals surface area contributed by atoms with Crippen molar-refractivity contribution < 1.29 is 4.74 Å². The second-order valence-electron chi connectivity index (χ2n) is 5.49. The molecule has 2 heterocycles. The molecule has 21 heavy (non-hydrogen) atoms. The van der Waals surface area contributed by atoms with E-state index >= 15 is 0 Å². The van der Waals surface area contributed by atoms with Crippen molar-refractivity contribution in [2.24, 2.45) is 0 Å². The number of ether oxygens (including phenoxy) is 1. The van der Waals surface area contributed by atoms with Gasteiger partial charge in [-0.3, -0.25) is 4.98 Å². The average molecular weight is 327 g/mol. The van der Waals surface area contributed by atoms with E-state index in [0.717, 1.165) is 24.0 Å². The lowest BCUT2D eigenvalue weighted by Gasteiger charge is -2.36. The quantitative estimate of drug-likeness (QED) is 0.861. The zero-order chi connectivity index (χ0) is 15.2. The van der Waals surface area contributed by atoms with Crippen molar-refractivity contribution in [3.05, 3.63) is 24.0 Å². The number of nitrogens with zero attached hydrogens (tertiary/aromatic N) is 1. The first-order valence-corrected chi connectivity index (χ1v) is 9.67. The van der Waals surface area contributed by atoms with Crippen LogP contribution in [0.15, 0.2) is 18.5 Å². The Bertz CT molecular complexity index is 444. The van der Waals surface area contributed by atoms with Gasteiger partial charge < -0.3 is 10.1 Å². The summed E-state index contributed by atoms with van der Waals surface area (Å²) in [5.74, 6) is 2.06. The molecule has 2 rings (SSSR count). The van der Waals surface area contributed by atoms with Gasteiger partial charge in [0.1, 0.15) is 5.75 Å². The molecule has 0 bridgehead atoms. The largest absolute Gasteiger partial charge is 0.492 e. The minimum atomic E-state index is 0.329. The van der Waals surface area contributed by atoms with Crippen LogP contribution < -0.4 is 10.1 Å². The molecule has 1 aromatic rings. The molecule has 118 valence electrons. The van der Waals surface area contributed by atoms with Gasteiger partial charge in [-0.05, 0) is 25.1 Å². The molecule has 0 radical (unpaired) electrons. The normalized spacial score (nSPS) is 27.3. The number of hydrogen-bond donors (Lipinski definition) is 1. The van der Waals surface area contributed by atoms with Crippen molar-refractivity contribution in [2.75, 3.05) is 19.4 Å². The molecule has 4 atom stereocenters. The number of thioether (sulfide) groups is 2. The maximum atomic E-state index is 5.71.